The van der Waals surface area contributed by atoms with Gasteiger partial charge in [0.25, 0.3) is 0 Å². The molecule has 10 heteroatoms. The Hall–Kier alpha value is -2.69. The van der Waals surface area contributed by atoms with Crippen molar-refractivity contribution in [1.82, 2.24) is 0 Å². The molecule has 27 heavy (non-hydrogen) atoms. The number of carboxylic acid groups (broad SMARTS) is 3. The van der Waals surface area contributed by atoms with Crippen LogP contribution in [0.4, 0.5) is 0 Å². The molecule has 0 radical (unpaired) electrons. The Labute approximate surface area is 155 Å². The molecule has 0 fully saturated rings. The molecule has 0 aliphatic carbocycles. The van der Waals surface area contributed by atoms with E-state index < -0.39 is 48.7 Å². The Morgan fingerprint density at radius 2 is 1.07 bits per heavy atom. The van der Waals surface area contributed by atoms with Crippen molar-refractivity contribution in [3.63, 3.8) is 0 Å². The summed E-state index contributed by atoms with van der Waals surface area (Å²) in [5.74, 6) is -4.19. The van der Waals surface area contributed by atoms with Gasteiger partial charge in [0.2, 0.25) is 0 Å². The molecule has 0 aromatic rings. The lowest BCUT2D eigenvalue weighted by Crippen LogP contribution is -2.55. The zero-order valence-electron chi connectivity index (χ0n) is 15.2. The molecular formula is C17H24O10. The second kappa shape index (κ2) is 9.86. The summed E-state index contributed by atoms with van der Waals surface area (Å²) in [6, 6.07) is 0. The van der Waals surface area contributed by atoms with Crippen molar-refractivity contribution in [1.29, 1.82) is 0 Å². The first kappa shape index (κ1) is 24.3. The van der Waals surface area contributed by atoms with E-state index in [9.17, 15) is 39.9 Å². The summed E-state index contributed by atoms with van der Waals surface area (Å²) in [5, 5.41) is 56.7. The van der Waals surface area contributed by atoms with E-state index in [-0.39, 0.29) is 16.7 Å². The van der Waals surface area contributed by atoms with Crippen LogP contribution < -0.4 is 0 Å². The van der Waals surface area contributed by atoms with Crippen molar-refractivity contribution in [3.8, 4) is 0 Å². The number of hydrogen-bond donors (Lipinski definition) is 6. The number of ether oxygens (including phenoxy) is 1. The largest absolute Gasteiger partial charge is 0.485 e. The van der Waals surface area contributed by atoms with Crippen LogP contribution in [0.1, 0.15) is 20.8 Å². The van der Waals surface area contributed by atoms with Gasteiger partial charge in [0.05, 0.1) is 37.1 Å². The van der Waals surface area contributed by atoms with Crippen LogP contribution in [0.2, 0.25) is 0 Å². The van der Waals surface area contributed by atoms with Crippen LogP contribution in [-0.4, -0.2) is 74.0 Å². The molecular weight excluding hydrogens is 364 g/mol. The third-order valence-corrected chi connectivity index (χ3v) is 4.04. The van der Waals surface area contributed by atoms with E-state index in [1.807, 2.05) is 0 Å². The predicted molar refractivity (Wildman–Crippen MR) is 91.7 cm³/mol. The van der Waals surface area contributed by atoms with E-state index >= 15 is 0 Å². The molecule has 0 amide bonds. The Morgan fingerprint density at radius 3 is 1.33 bits per heavy atom. The lowest BCUT2D eigenvalue weighted by Gasteiger charge is -2.44. The first-order chi connectivity index (χ1) is 12.4. The predicted octanol–water partition coefficient (Wildman–Crippen LogP) is -0.245. The van der Waals surface area contributed by atoms with Gasteiger partial charge in [0.1, 0.15) is 0 Å². The van der Waals surface area contributed by atoms with Crippen LogP contribution >= 0.6 is 0 Å². The number of carbonyl (C=O) groups is 3. The van der Waals surface area contributed by atoms with Gasteiger partial charge < -0.3 is 35.4 Å². The Balaban J connectivity index is 7.00. The van der Waals surface area contributed by atoms with Gasteiger partial charge in [-0.15, -0.1) is 0 Å². The zero-order valence-corrected chi connectivity index (χ0v) is 15.2. The topological polar surface area (TPSA) is 182 Å². The molecule has 0 unspecified atom stereocenters. The second-order valence-corrected chi connectivity index (χ2v) is 6.04. The minimum atomic E-state index is -2.19. The van der Waals surface area contributed by atoms with Crippen molar-refractivity contribution in [2.45, 2.75) is 26.4 Å². The van der Waals surface area contributed by atoms with Crippen LogP contribution in [-0.2, 0) is 19.1 Å². The highest BCUT2D eigenvalue weighted by molar-refractivity contribution is 5.88. The Bertz CT molecular complexity index is 629. The summed E-state index contributed by atoms with van der Waals surface area (Å²) < 4.78 is 5.43. The number of aliphatic hydroxyl groups is 3. The third kappa shape index (κ3) is 5.64. The van der Waals surface area contributed by atoms with Crippen LogP contribution in [0, 0.1) is 5.41 Å². The van der Waals surface area contributed by atoms with E-state index in [1.54, 1.807) is 0 Å². The SMILES string of the molecule is CC(=COC(C=C(C)C(=O)O)(C=C(C)C(=O)O)C(CO)(CO)CO)C(=O)O. The zero-order chi connectivity index (χ0) is 21.4. The first-order valence-electron chi connectivity index (χ1n) is 7.68. The van der Waals surface area contributed by atoms with Gasteiger partial charge in [-0.25, -0.2) is 14.4 Å². The van der Waals surface area contributed by atoms with Crippen LogP contribution in [0.15, 0.2) is 35.1 Å². The van der Waals surface area contributed by atoms with Crippen LogP contribution in [0.3, 0.4) is 0 Å². The summed E-state index contributed by atoms with van der Waals surface area (Å²) in [5.41, 5.74) is -5.20. The quantitative estimate of drug-likeness (QED) is 0.204. The smallest absolute Gasteiger partial charge is 0.334 e. The second-order valence-electron chi connectivity index (χ2n) is 6.04. The molecule has 0 heterocycles. The van der Waals surface area contributed by atoms with Crippen molar-refractivity contribution in [2.75, 3.05) is 19.8 Å². The molecule has 0 aliphatic heterocycles. The van der Waals surface area contributed by atoms with Crippen molar-refractivity contribution in [3.05, 3.63) is 35.1 Å². The molecule has 0 saturated carbocycles. The molecule has 0 aromatic heterocycles. The Morgan fingerprint density at radius 1 is 0.741 bits per heavy atom. The highest BCUT2D eigenvalue weighted by Gasteiger charge is 2.51. The van der Waals surface area contributed by atoms with Gasteiger partial charge in [-0.2, -0.15) is 0 Å². The van der Waals surface area contributed by atoms with E-state index in [0.29, 0.717) is 0 Å². The number of aliphatic carboxylic acids is 3. The van der Waals surface area contributed by atoms with Crippen molar-refractivity contribution < 1.29 is 49.8 Å². The molecule has 0 aromatic carbocycles. The molecule has 6 N–H and O–H groups in total. The normalized spacial score (nSPS) is 15.9. The third-order valence-electron chi connectivity index (χ3n) is 4.04. The minimum Gasteiger partial charge on any atom is -0.485 e. The summed E-state index contributed by atoms with van der Waals surface area (Å²) >= 11 is 0. The van der Waals surface area contributed by atoms with Gasteiger partial charge in [-0.1, -0.05) is 0 Å². The van der Waals surface area contributed by atoms with E-state index in [1.165, 1.54) is 0 Å². The van der Waals surface area contributed by atoms with Gasteiger partial charge >= 0.3 is 17.9 Å². The maximum absolute atomic E-state index is 11.3. The van der Waals surface area contributed by atoms with E-state index in [2.05, 4.69) is 0 Å². The van der Waals surface area contributed by atoms with Gasteiger partial charge in [0.15, 0.2) is 5.60 Å². The monoisotopic (exact) mass is 388 g/mol. The van der Waals surface area contributed by atoms with E-state index in [4.69, 9.17) is 9.84 Å². The summed E-state index contributed by atoms with van der Waals surface area (Å²) in [7, 11) is 0. The fourth-order valence-corrected chi connectivity index (χ4v) is 2.06. The molecule has 0 rings (SSSR count). The number of aliphatic hydroxyl groups excluding tert-OH is 3. The highest BCUT2D eigenvalue weighted by atomic mass is 16.5. The van der Waals surface area contributed by atoms with Crippen molar-refractivity contribution >= 4 is 17.9 Å². The van der Waals surface area contributed by atoms with Crippen LogP contribution in [0.25, 0.3) is 0 Å². The van der Waals surface area contributed by atoms with Gasteiger partial charge in [-0.05, 0) is 32.9 Å². The fourth-order valence-electron chi connectivity index (χ4n) is 2.06. The standard InChI is InChI=1S/C17H24O10/c1-10(13(21)22)4-17(5-11(2)14(23)24,16(7-18,8-19)9-20)27-6-12(3)15(25)26/h4-6,18-20H,7-9H2,1-3H3,(H,21,22)(H,23,24)(H,25,26). The highest BCUT2D eigenvalue weighted by Crippen LogP contribution is 2.39. The molecule has 0 atom stereocenters. The Kier molecular flexibility index (Phi) is 8.87. The lowest BCUT2D eigenvalue weighted by atomic mass is 9.71. The fraction of sp³-hybridized carbons (Fsp3) is 0.471. The summed E-state index contributed by atoms with van der Waals surface area (Å²) in [4.78, 5) is 33.6. The van der Waals surface area contributed by atoms with Gasteiger partial charge in [0, 0.05) is 11.1 Å². The number of hydrogen-bond acceptors (Lipinski definition) is 7. The molecule has 0 bridgehead atoms. The molecule has 0 spiro atoms. The molecule has 152 valence electrons. The molecule has 10 nitrogen and oxygen atoms in total. The maximum atomic E-state index is 11.3. The maximum Gasteiger partial charge on any atom is 0.334 e. The van der Waals surface area contributed by atoms with Crippen molar-refractivity contribution in [2.24, 2.45) is 5.41 Å². The van der Waals surface area contributed by atoms with Gasteiger partial charge in [-0.3, -0.25) is 0 Å². The molecule has 0 aliphatic rings. The average molecular weight is 388 g/mol. The lowest BCUT2D eigenvalue weighted by molar-refractivity contribution is -0.135. The summed E-state index contributed by atoms with van der Waals surface area (Å²) in [6.45, 7) is 0.642. The van der Waals surface area contributed by atoms with Crippen LogP contribution in [0.5, 0.6) is 0 Å². The minimum absolute atomic E-state index is 0.329. The summed E-state index contributed by atoms with van der Waals surface area (Å²) in [6.07, 6.45) is 2.52. The number of carboxylic acids is 3. The first-order valence-corrected chi connectivity index (χ1v) is 7.68. The number of rotatable bonds is 11. The molecule has 0 saturated heterocycles. The van der Waals surface area contributed by atoms with E-state index in [0.717, 1.165) is 39.2 Å². The average Bonchev–Trinajstić information content (AvgIpc) is 2.60.